The summed E-state index contributed by atoms with van der Waals surface area (Å²) in [6, 6.07) is 9.75. The maximum Gasteiger partial charge on any atom is 0.286 e. The van der Waals surface area contributed by atoms with E-state index in [9.17, 15) is 9.90 Å². The van der Waals surface area contributed by atoms with Crippen LogP contribution < -0.4 is 0 Å². The molecule has 6 heteroatoms. The van der Waals surface area contributed by atoms with Gasteiger partial charge in [0.05, 0.1) is 10.4 Å². The number of amidine groups is 1. The molecule has 2 heterocycles. The molecule has 0 aliphatic carbocycles. The molecule has 0 radical (unpaired) electrons. The molecule has 3 rings (SSSR count). The van der Waals surface area contributed by atoms with Crippen molar-refractivity contribution in [1.82, 2.24) is 9.88 Å². The molecule has 0 saturated heterocycles. The lowest BCUT2D eigenvalue weighted by Crippen LogP contribution is -2.32. The van der Waals surface area contributed by atoms with Gasteiger partial charge in [0.1, 0.15) is 6.73 Å². The van der Waals surface area contributed by atoms with E-state index in [0.29, 0.717) is 22.5 Å². The predicted octanol–water partition coefficient (Wildman–Crippen LogP) is 3.11. The van der Waals surface area contributed by atoms with Gasteiger partial charge in [0.15, 0.2) is 5.17 Å². The van der Waals surface area contributed by atoms with Crippen LogP contribution in [-0.4, -0.2) is 39.3 Å². The first kappa shape index (κ1) is 16.7. The van der Waals surface area contributed by atoms with E-state index in [4.69, 9.17) is 0 Å². The van der Waals surface area contributed by atoms with Gasteiger partial charge in [-0.05, 0) is 47.5 Å². The minimum Gasteiger partial charge on any atom is -0.376 e. The number of carbonyl (C=O) groups excluding carboxylic acids is 1. The summed E-state index contributed by atoms with van der Waals surface area (Å²) in [5.74, 6) is 0.111. The smallest absolute Gasteiger partial charge is 0.286 e. The molecule has 1 aromatic carbocycles. The number of amides is 1. The first-order valence-electron chi connectivity index (χ1n) is 7.80. The van der Waals surface area contributed by atoms with Gasteiger partial charge in [0.25, 0.3) is 5.91 Å². The number of fused-ring (bicyclic) bond motifs is 1. The van der Waals surface area contributed by atoms with Gasteiger partial charge in [-0.25, -0.2) is 0 Å². The average molecular weight is 341 g/mol. The molecule has 1 N–H and O–H groups in total. The maximum atomic E-state index is 12.2. The molecular formula is C18H19N3O2S. The van der Waals surface area contributed by atoms with E-state index in [-0.39, 0.29) is 12.6 Å². The van der Waals surface area contributed by atoms with Crippen LogP contribution in [0.25, 0.3) is 17.0 Å². The van der Waals surface area contributed by atoms with Crippen molar-refractivity contribution in [3.63, 3.8) is 0 Å². The molecule has 0 saturated carbocycles. The van der Waals surface area contributed by atoms with Gasteiger partial charge in [0, 0.05) is 18.1 Å². The van der Waals surface area contributed by atoms with Gasteiger partial charge in [-0.15, -0.1) is 0 Å². The molecule has 1 aliphatic rings. The van der Waals surface area contributed by atoms with Gasteiger partial charge in [0.2, 0.25) is 0 Å². The minimum atomic E-state index is -0.261. The molecule has 0 atom stereocenters. The van der Waals surface area contributed by atoms with Crippen molar-refractivity contribution < 1.29 is 9.90 Å². The third-order valence-corrected chi connectivity index (χ3v) is 4.61. The van der Waals surface area contributed by atoms with Crippen molar-refractivity contribution in [2.75, 3.05) is 13.3 Å². The molecule has 5 nitrogen and oxygen atoms in total. The van der Waals surface area contributed by atoms with E-state index in [2.05, 4.69) is 23.8 Å². The number of benzene rings is 1. The summed E-state index contributed by atoms with van der Waals surface area (Å²) >= 11 is 1.31. The number of aliphatic imine (C=N–C) groups is 1. The molecular weight excluding hydrogens is 322 g/mol. The molecule has 2 aromatic rings. The van der Waals surface area contributed by atoms with Crippen LogP contribution in [0, 0.1) is 5.92 Å². The van der Waals surface area contributed by atoms with Crippen molar-refractivity contribution in [2.45, 2.75) is 13.8 Å². The Hall–Kier alpha value is -2.18. The Morgan fingerprint density at radius 3 is 2.92 bits per heavy atom. The van der Waals surface area contributed by atoms with Crippen LogP contribution in [0.2, 0.25) is 0 Å². The lowest BCUT2D eigenvalue weighted by molar-refractivity contribution is -0.113. The Morgan fingerprint density at radius 2 is 2.17 bits per heavy atom. The third-order valence-electron chi connectivity index (χ3n) is 3.56. The van der Waals surface area contributed by atoms with Crippen LogP contribution in [-0.2, 0) is 4.79 Å². The lowest BCUT2D eigenvalue weighted by atomic mass is 10.1. The van der Waals surface area contributed by atoms with Gasteiger partial charge in [-0.3, -0.25) is 9.78 Å². The quantitative estimate of drug-likeness (QED) is 0.684. The van der Waals surface area contributed by atoms with Crippen LogP contribution in [0.1, 0.15) is 19.4 Å². The van der Waals surface area contributed by atoms with Crippen LogP contribution >= 0.6 is 11.8 Å². The first-order valence-corrected chi connectivity index (χ1v) is 8.61. The van der Waals surface area contributed by atoms with Crippen molar-refractivity contribution in [2.24, 2.45) is 10.9 Å². The summed E-state index contributed by atoms with van der Waals surface area (Å²) in [6.45, 7) is 4.63. The maximum absolute atomic E-state index is 12.2. The van der Waals surface area contributed by atoms with Gasteiger partial charge in [-0.2, -0.15) is 4.99 Å². The SMILES string of the molecule is CC(C)CN(CO)C1=NC(=O)/C(=C/c2ccc3ncccc3c2)S1. The van der Waals surface area contributed by atoms with E-state index in [0.717, 1.165) is 16.5 Å². The van der Waals surface area contributed by atoms with Gasteiger partial charge in [-0.1, -0.05) is 26.0 Å². The third kappa shape index (κ3) is 3.66. The van der Waals surface area contributed by atoms with E-state index in [1.807, 2.05) is 36.4 Å². The number of aliphatic hydroxyl groups is 1. The number of rotatable bonds is 4. The summed E-state index contributed by atoms with van der Waals surface area (Å²) in [5, 5.41) is 11.1. The first-order chi connectivity index (χ1) is 11.6. The zero-order valence-electron chi connectivity index (χ0n) is 13.6. The molecule has 24 heavy (non-hydrogen) atoms. The largest absolute Gasteiger partial charge is 0.376 e. The molecule has 0 fully saturated rings. The lowest BCUT2D eigenvalue weighted by Gasteiger charge is -2.22. The van der Waals surface area contributed by atoms with Crippen molar-refractivity contribution in [3.05, 3.63) is 47.0 Å². The van der Waals surface area contributed by atoms with E-state index in [1.54, 1.807) is 11.1 Å². The highest BCUT2D eigenvalue weighted by Gasteiger charge is 2.26. The molecule has 0 unspecified atom stereocenters. The fraction of sp³-hybridized carbons (Fsp3) is 0.278. The Bertz CT molecular complexity index is 830. The number of thioether (sulfide) groups is 1. The Labute approximate surface area is 145 Å². The van der Waals surface area contributed by atoms with Crippen LogP contribution in [0.5, 0.6) is 0 Å². The number of hydrogen-bond acceptors (Lipinski definition) is 5. The van der Waals surface area contributed by atoms with Crippen LogP contribution in [0.4, 0.5) is 0 Å². The number of pyridine rings is 1. The molecule has 124 valence electrons. The van der Waals surface area contributed by atoms with Gasteiger partial charge < -0.3 is 10.0 Å². The normalized spacial score (nSPS) is 16.2. The summed E-state index contributed by atoms with van der Waals surface area (Å²) in [5.41, 5.74) is 1.85. The Balaban J connectivity index is 1.82. The summed E-state index contributed by atoms with van der Waals surface area (Å²) in [4.78, 5) is 22.8. The monoisotopic (exact) mass is 341 g/mol. The van der Waals surface area contributed by atoms with Crippen molar-refractivity contribution in [3.8, 4) is 0 Å². The van der Waals surface area contributed by atoms with E-state index in [1.165, 1.54) is 11.8 Å². The predicted molar refractivity (Wildman–Crippen MR) is 98.4 cm³/mol. The van der Waals surface area contributed by atoms with Gasteiger partial charge >= 0.3 is 0 Å². The average Bonchev–Trinajstić information content (AvgIpc) is 2.93. The molecule has 0 bridgehead atoms. The highest BCUT2D eigenvalue weighted by atomic mass is 32.2. The molecule has 1 amide bonds. The number of nitrogens with zero attached hydrogens (tertiary/aromatic N) is 3. The van der Waals surface area contributed by atoms with Crippen LogP contribution in [0.15, 0.2) is 46.4 Å². The summed E-state index contributed by atoms with van der Waals surface area (Å²) < 4.78 is 0. The fourth-order valence-electron chi connectivity index (χ4n) is 2.51. The highest BCUT2D eigenvalue weighted by Crippen LogP contribution is 2.30. The second-order valence-corrected chi connectivity index (χ2v) is 7.03. The second-order valence-electron chi connectivity index (χ2n) is 6.02. The number of aliphatic hydroxyl groups excluding tert-OH is 1. The topological polar surface area (TPSA) is 65.8 Å². The van der Waals surface area contributed by atoms with Crippen molar-refractivity contribution >= 4 is 39.8 Å². The van der Waals surface area contributed by atoms with Crippen LogP contribution in [0.3, 0.4) is 0 Å². The number of hydrogen-bond donors (Lipinski definition) is 1. The summed E-state index contributed by atoms with van der Waals surface area (Å²) in [6.07, 6.45) is 3.59. The number of aromatic nitrogens is 1. The minimum absolute atomic E-state index is 0.147. The molecule has 0 spiro atoms. The standard InChI is InChI=1S/C18H19N3O2S/c1-12(2)10-21(11-22)18-20-17(23)16(24-18)9-13-5-6-15-14(8-13)4-3-7-19-15/h3-9,12,22H,10-11H2,1-2H3/b16-9-. The zero-order chi connectivity index (χ0) is 17.1. The Morgan fingerprint density at radius 1 is 1.33 bits per heavy atom. The second kappa shape index (κ2) is 7.15. The fourth-order valence-corrected chi connectivity index (χ4v) is 3.42. The van der Waals surface area contributed by atoms with E-state index < -0.39 is 0 Å². The highest BCUT2D eigenvalue weighted by molar-refractivity contribution is 8.18. The van der Waals surface area contributed by atoms with E-state index >= 15 is 0 Å². The number of carbonyl (C=O) groups is 1. The molecule has 1 aliphatic heterocycles. The zero-order valence-corrected chi connectivity index (χ0v) is 14.5. The summed E-state index contributed by atoms with van der Waals surface area (Å²) in [7, 11) is 0. The Kier molecular flexibility index (Phi) is 4.97. The van der Waals surface area contributed by atoms with Crippen molar-refractivity contribution in [1.29, 1.82) is 0 Å². The molecule has 1 aromatic heterocycles.